The maximum absolute atomic E-state index is 14.4. The molecule has 7 heteroatoms. The van der Waals surface area contributed by atoms with Crippen molar-refractivity contribution in [2.75, 3.05) is 11.9 Å². The first-order valence-corrected chi connectivity index (χ1v) is 11.2. The molecule has 0 spiro atoms. The molecule has 0 radical (unpaired) electrons. The van der Waals surface area contributed by atoms with Crippen molar-refractivity contribution in [3.05, 3.63) is 102 Å². The van der Waals surface area contributed by atoms with Gasteiger partial charge in [0.15, 0.2) is 0 Å². The fourth-order valence-electron chi connectivity index (χ4n) is 3.66. The van der Waals surface area contributed by atoms with Gasteiger partial charge in [-0.25, -0.2) is 19.2 Å². The van der Waals surface area contributed by atoms with E-state index < -0.39 is 12.0 Å². The minimum absolute atomic E-state index is 0.253. The van der Waals surface area contributed by atoms with Gasteiger partial charge in [-0.05, 0) is 43.7 Å². The monoisotopic (exact) mass is 459 g/mol. The Morgan fingerprint density at radius 1 is 1.09 bits per heavy atom. The van der Waals surface area contributed by atoms with Crippen LogP contribution < -0.4 is 5.32 Å². The molecule has 2 aromatic carbocycles. The predicted molar refractivity (Wildman–Crippen MR) is 128 cm³/mol. The number of anilines is 1. The molecule has 0 aliphatic carbocycles. The van der Waals surface area contributed by atoms with Crippen LogP contribution in [0, 0.1) is 12.7 Å². The summed E-state index contributed by atoms with van der Waals surface area (Å²) in [6.07, 6.45) is 2.25. The Balaban J connectivity index is 1.70. The smallest absolute Gasteiger partial charge is 0.329 e. The van der Waals surface area contributed by atoms with Gasteiger partial charge in [0.25, 0.3) is 0 Å². The van der Waals surface area contributed by atoms with E-state index in [1.807, 2.05) is 49.4 Å². The fourth-order valence-corrected chi connectivity index (χ4v) is 3.66. The number of rotatable bonds is 9. The zero-order valence-corrected chi connectivity index (χ0v) is 19.1. The van der Waals surface area contributed by atoms with Crippen molar-refractivity contribution in [1.29, 1.82) is 0 Å². The Hall–Kier alpha value is -4.00. The van der Waals surface area contributed by atoms with Crippen LogP contribution in [0.5, 0.6) is 0 Å². The highest BCUT2D eigenvalue weighted by atomic mass is 19.1. The number of benzene rings is 2. The number of esters is 1. The minimum atomic E-state index is -0.728. The third-order valence-corrected chi connectivity index (χ3v) is 5.29. The zero-order valence-electron chi connectivity index (χ0n) is 19.1. The van der Waals surface area contributed by atoms with Gasteiger partial charge in [-0.2, -0.15) is 0 Å². The van der Waals surface area contributed by atoms with Crippen molar-refractivity contribution in [3.8, 4) is 11.3 Å². The van der Waals surface area contributed by atoms with Crippen LogP contribution in [0.15, 0.2) is 77.3 Å². The van der Waals surface area contributed by atoms with Gasteiger partial charge >= 0.3 is 5.97 Å². The van der Waals surface area contributed by atoms with Crippen molar-refractivity contribution in [2.24, 2.45) is 0 Å². The Morgan fingerprint density at radius 3 is 2.56 bits per heavy atom. The van der Waals surface area contributed by atoms with Gasteiger partial charge in [0.2, 0.25) is 0 Å². The standard InChI is InChI=1S/C27H26FN3O3/c1-3-33-27(32)24(16-20-14-13-18(2)34-20)31-26-23(15-19-9-5-4-6-10-19)30-25(17-29-26)21-11-7-8-12-22(21)28/h4-14,17,24H,3,15-16H2,1-2H3,(H,29,31). The lowest BCUT2D eigenvalue weighted by molar-refractivity contribution is -0.144. The van der Waals surface area contributed by atoms with Crippen LogP contribution >= 0.6 is 0 Å². The topological polar surface area (TPSA) is 77.2 Å². The molecule has 4 rings (SSSR count). The van der Waals surface area contributed by atoms with Crippen LogP contribution in [0.2, 0.25) is 0 Å². The summed E-state index contributed by atoms with van der Waals surface area (Å²) in [5.74, 6) is 1.06. The summed E-state index contributed by atoms with van der Waals surface area (Å²) < 4.78 is 25.4. The fraction of sp³-hybridized carbons (Fsp3) is 0.222. The lowest BCUT2D eigenvalue weighted by Crippen LogP contribution is -2.34. The first-order chi connectivity index (χ1) is 16.5. The second-order valence-electron chi connectivity index (χ2n) is 7.86. The number of furan rings is 1. The number of nitrogens with zero attached hydrogens (tertiary/aromatic N) is 2. The number of halogens is 1. The highest BCUT2D eigenvalue weighted by Gasteiger charge is 2.24. The van der Waals surface area contributed by atoms with Gasteiger partial charge in [-0.1, -0.05) is 42.5 Å². The van der Waals surface area contributed by atoms with Gasteiger partial charge in [0, 0.05) is 18.4 Å². The zero-order chi connectivity index (χ0) is 23.9. The molecule has 1 N–H and O–H groups in total. The summed E-state index contributed by atoms with van der Waals surface area (Å²) in [4.78, 5) is 22.0. The second-order valence-corrected chi connectivity index (χ2v) is 7.86. The summed E-state index contributed by atoms with van der Waals surface area (Å²) in [6.45, 7) is 3.86. The summed E-state index contributed by atoms with van der Waals surface area (Å²) in [7, 11) is 0. The van der Waals surface area contributed by atoms with Gasteiger partial charge in [-0.15, -0.1) is 0 Å². The number of hydrogen-bond donors (Lipinski definition) is 1. The number of carbonyl (C=O) groups is 1. The summed E-state index contributed by atoms with van der Waals surface area (Å²) >= 11 is 0. The molecule has 2 heterocycles. The van der Waals surface area contributed by atoms with Gasteiger partial charge in [0.1, 0.15) is 29.2 Å². The molecule has 0 aliphatic heterocycles. The molecule has 6 nitrogen and oxygen atoms in total. The third kappa shape index (κ3) is 5.67. The van der Waals surface area contributed by atoms with E-state index in [-0.39, 0.29) is 18.8 Å². The molecule has 1 unspecified atom stereocenters. The summed E-state index contributed by atoms with van der Waals surface area (Å²) in [5, 5.41) is 3.20. The van der Waals surface area contributed by atoms with E-state index in [0.717, 1.165) is 11.3 Å². The molecule has 0 aliphatic rings. The van der Waals surface area contributed by atoms with Crippen molar-refractivity contribution >= 4 is 11.8 Å². The quantitative estimate of drug-likeness (QED) is 0.340. The molecule has 0 bridgehead atoms. The number of hydrogen-bond acceptors (Lipinski definition) is 6. The van der Waals surface area contributed by atoms with E-state index in [9.17, 15) is 9.18 Å². The van der Waals surface area contributed by atoms with Crippen LogP contribution in [0.3, 0.4) is 0 Å². The van der Waals surface area contributed by atoms with Crippen molar-refractivity contribution in [1.82, 2.24) is 9.97 Å². The lowest BCUT2D eigenvalue weighted by Gasteiger charge is -2.19. The molecule has 0 fully saturated rings. The number of aromatic nitrogens is 2. The minimum Gasteiger partial charge on any atom is -0.466 e. The molecule has 2 aromatic heterocycles. The highest BCUT2D eigenvalue weighted by molar-refractivity contribution is 5.79. The molecule has 34 heavy (non-hydrogen) atoms. The maximum Gasteiger partial charge on any atom is 0.329 e. The van der Waals surface area contributed by atoms with E-state index >= 15 is 0 Å². The van der Waals surface area contributed by atoms with Crippen molar-refractivity contribution < 1.29 is 18.3 Å². The van der Waals surface area contributed by atoms with E-state index in [4.69, 9.17) is 14.1 Å². The normalized spacial score (nSPS) is 11.7. The number of ether oxygens (including phenoxy) is 1. The molecule has 4 aromatic rings. The van der Waals surface area contributed by atoms with Crippen LogP contribution in [0.25, 0.3) is 11.3 Å². The van der Waals surface area contributed by atoms with E-state index in [0.29, 0.717) is 35.0 Å². The van der Waals surface area contributed by atoms with Crippen LogP contribution in [0.4, 0.5) is 10.2 Å². The number of carbonyl (C=O) groups excluding carboxylic acids is 1. The molecule has 174 valence electrons. The Kier molecular flexibility index (Phi) is 7.32. The first-order valence-electron chi connectivity index (χ1n) is 11.2. The molecule has 0 saturated carbocycles. The average molecular weight is 460 g/mol. The summed E-state index contributed by atoms with van der Waals surface area (Å²) in [6, 6.07) is 19.2. The van der Waals surface area contributed by atoms with Crippen LogP contribution in [0.1, 0.15) is 29.7 Å². The Labute approximate surface area is 197 Å². The number of nitrogens with one attached hydrogen (secondary N) is 1. The van der Waals surface area contributed by atoms with Gasteiger partial charge in [0.05, 0.1) is 24.2 Å². The lowest BCUT2D eigenvalue weighted by atomic mass is 10.1. The van der Waals surface area contributed by atoms with E-state index in [1.54, 1.807) is 25.1 Å². The predicted octanol–water partition coefficient (Wildman–Crippen LogP) is 5.36. The molecule has 0 amide bonds. The first kappa shape index (κ1) is 23.2. The van der Waals surface area contributed by atoms with E-state index in [1.165, 1.54) is 12.3 Å². The van der Waals surface area contributed by atoms with Crippen molar-refractivity contribution in [2.45, 2.75) is 32.7 Å². The van der Waals surface area contributed by atoms with Gasteiger partial charge < -0.3 is 14.5 Å². The Morgan fingerprint density at radius 2 is 1.85 bits per heavy atom. The largest absolute Gasteiger partial charge is 0.466 e. The van der Waals surface area contributed by atoms with Crippen LogP contribution in [-0.2, 0) is 22.4 Å². The average Bonchev–Trinajstić information content (AvgIpc) is 3.25. The second kappa shape index (κ2) is 10.7. The SMILES string of the molecule is CCOC(=O)C(Cc1ccc(C)o1)Nc1ncc(-c2ccccc2F)nc1Cc1ccccc1. The maximum atomic E-state index is 14.4. The van der Waals surface area contributed by atoms with Crippen molar-refractivity contribution in [3.63, 3.8) is 0 Å². The highest BCUT2D eigenvalue weighted by Crippen LogP contribution is 2.25. The molecular formula is C27H26FN3O3. The molecule has 1 atom stereocenters. The van der Waals surface area contributed by atoms with Crippen LogP contribution in [-0.4, -0.2) is 28.6 Å². The summed E-state index contributed by atoms with van der Waals surface area (Å²) in [5.41, 5.74) is 2.39. The van der Waals surface area contributed by atoms with Gasteiger partial charge in [-0.3, -0.25) is 0 Å². The number of aryl methyl sites for hydroxylation is 1. The molecular weight excluding hydrogens is 433 g/mol. The third-order valence-electron chi connectivity index (χ3n) is 5.29. The van der Waals surface area contributed by atoms with E-state index in [2.05, 4.69) is 10.3 Å². The molecule has 0 saturated heterocycles. The Bertz CT molecular complexity index is 1260.